The first-order valence-electron chi connectivity index (χ1n) is 7.81. The highest BCUT2D eigenvalue weighted by Crippen LogP contribution is 2.09. The molecule has 2 rings (SSSR count). The van der Waals surface area contributed by atoms with Crippen molar-refractivity contribution in [2.45, 2.75) is 38.1 Å². The number of unbranched alkanes of at least 4 members (excludes halogenated alkanes) is 2. The summed E-state index contributed by atoms with van der Waals surface area (Å²) >= 11 is 0. The number of rotatable bonds is 6. The molecule has 1 aromatic rings. The van der Waals surface area contributed by atoms with E-state index >= 15 is 0 Å². The lowest BCUT2D eigenvalue weighted by Gasteiger charge is -2.24. The maximum absolute atomic E-state index is 5.31. The van der Waals surface area contributed by atoms with Crippen molar-refractivity contribution in [2.75, 3.05) is 26.2 Å². The zero-order valence-corrected chi connectivity index (χ0v) is 12.4. The summed E-state index contributed by atoms with van der Waals surface area (Å²) in [5.74, 6) is 2.73. The zero-order valence-electron chi connectivity index (χ0n) is 12.4. The van der Waals surface area contributed by atoms with Gasteiger partial charge in [0.15, 0.2) is 0 Å². The molecule has 2 nitrogen and oxygen atoms in total. The maximum atomic E-state index is 5.31. The summed E-state index contributed by atoms with van der Waals surface area (Å²) in [6.45, 7) is 4.70. The normalized spacial score (nSPS) is 20.2. The quantitative estimate of drug-likeness (QED) is 0.631. The van der Waals surface area contributed by atoms with Crippen LogP contribution in [0.3, 0.4) is 0 Å². The lowest BCUT2D eigenvalue weighted by atomic mass is 10.1. The van der Waals surface area contributed by atoms with Crippen LogP contribution in [-0.2, 0) is 6.42 Å². The molecule has 0 aromatic heterocycles. The molecular formula is C18H26N2. The molecule has 1 N–H and O–H groups in total. The summed E-state index contributed by atoms with van der Waals surface area (Å²) in [6.07, 6.45) is 11.0. The van der Waals surface area contributed by atoms with Crippen LogP contribution in [0, 0.1) is 12.3 Å². The molecule has 1 fully saturated rings. The van der Waals surface area contributed by atoms with Crippen molar-refractivity contribution < 1.29 is 0 Å². The predicted octanol–water partition coefficient (Wildman–Crippen LogP) is 2.70. The molecule has 1 aliphatic rings. The molecule has 0 bridgehead atoms. The van der Waals surface area contributed by atoms with Crippen LogP contribution in [0.25, 0.3) is 0 Å². The molecule has 0 radical (unpaired) electrons. The van der Waals surface area contributed by atoms with Gasteiger partial charge < -0.3 is 10.2 Å². The Kier molecular flexibility index (Phi) is 6.63. The van der Waals surface area contributed by atoms with Gasteiger partial charge in [-0.15, -0.1) is 12.3 Å². The summed E-state index contributed by atoms with van der Waals surface area (Å²) < 4.78 is 0. The van der Waals surface area contributed by atoms with Crippen LogP contribution in [0.2, 0.25) is 0 Å². The van der Waals surface area contributed by atoms with E-state index in [4.69, 9.17) is 6.42 Å². The van der Waals surface area contributed by atoms with Gasteiger partial charge in [-0.05, 0) is 50.9 Å². The van der Waals surface area contributed by atoms with Gasteiger partial charge in [0, 0.05) is 19.0 Å². The van der Waals surface area contributed by atoms with E-state index in [-0.39, 0.29) is 0 Å². The molecular weight excluding hydrogens is 244 g/mol. The fourth-order valence-corrected chi connectivity index (χ4v) is 2.88. The van der Waals surface area contributed by atoms with Crippen molar-refractivity contribution in [1.29, 1.82) is 0 Å². The van der Waals surface area contributed by atoms with Crippen molar-refractivity contribution in [3.8, 4) is 12.3 Å². The van der Waals surface area contributed by atoms with Gasteiger partial charge in [0.2, 0.25) is 0 Å². The van der Waals surface area contributed by atoms with Crippen molar-refractivity contribution in [1.82, 2.24) is 10.2 Å². The minimum Gasteiger partial charge on any atom is -0.312 e. The molecule has 0 spiro atoms. The van der Waals surface area contributed by atoms with E-state index in [0.29, 0.717) is 6.04 Å². The molecule has 0 aliphatic carbocycles. The molecule has 0 amide bonds. The van der Waals surface area contributed by atoms with Crippen molar-refractivity contribution in [3.63, 3.8) is 0 Å². The highest BCUT2D eigenvalue weighted by atomic mass is 15.2. The molecule has 2 heteroatoms. The number of hydrogen-bond donors (Lipinski definition) is 1. The van der Waals surface area contributed by atoms with E-state index in [0.717, 1.165) is 32.4 Å². The third-order valence-electron chi connectivity index (χ3n) is 3.93. The summed E-state index contributed by atoms with van der Waals surface area (Å²) in [7, 11) is 0. The number of hydrogen-bond acceptors (Lipinski definition) is 2. The monoisotopic (exact) mass is 270 g/mol. The Labute approximate surface area is 123 Å². The third kappa shape index (κ3) is 5.36. The van der Waals surface area contributed by atoms with Gasteiger partial charge in [-0.2, -0.15) is 0 Å². The van der Waals surface area contributed by atoms with Crippen LogP contribution >= 0.6 is 0 Å². The standard InChI is InChI=1S/C18H26N2/c1-2-3-4-8-13-20-14-9-12-19-18(16-20)15-17-10-6-5-7-11-17/h1,5-7,10-11,18-19H,3-4,8-9,12-16H2. The smallest absolute Gasteiger partial charge is 0.0235 e. The van der Waals surface area contributed by atoms with E-state index in [2.05, 4.69) is 46.5 Å². The SMILES string of the molecule is C#CCCCCN1CCCNC(Cc2ccccc2)C1. The van der Waals surface area contributed by atoms with E-state index in [1.54, 1.807) is 0 Å². The van der Waals surface area contributed by atoms with E-state index < -0.39 is 0 Å². The Morgan fingerprint density at radius 3 is 2.90 bits per heavy atom. The highest BCUT2D eigenvalue weighted by Gasteiger charge is 2.17. The minimum atomic E-state index is 0.576. The number of benzene rings is 1. The van der Waals surface area contributed by atoms with Gasteiger partial charge in [-0.3, -0.25) is 0 Å². The van der Waals surface area contributed by atoms with Gasteiger partial charge in [0.05, 0.1) is 0 Å². The largest absolute Gasteiger partial charge is 0.312 e. The average molecular weight is 270 g/mol. The topological polar surface area (TPSA) is 15.3 Å². The Morgan fingerprint density at radius 1 is 1.25 bits per heavy atom. The maximum Gasteiger partial charge on any atom is 0.0235 e. The number of terminal acetylenes is 1. The van der Waals surface area contributed by atoms with Gasteiger partial charge in [0.25, 0.3) is 0 Å². The minimum absolute atomic E-state index is 0.576. The second-order valence-electron chi connectivity index (χ2n) is 5.66. The van der Waals surface area contributed by atoms with Crippen molar-refractivity contribution >= 4 is 0 Å². The van der Waals surface area contributed by atoms with E-state index in [9.17, 15) is 0 Å². The molecule has 0 saturated carbocycles. The lowest BCUT2D eigenvalue weighted by molar-refractivity contribution is 0.262. The van der Waals surface area contributed by atoms with E-state index in [1.807, 2.05) is 0 Å². The molecule has 1 aliphatic heterocycles. The average Bonchev–Trinajstić information content (AvgIpc) is 2.70. The number of nitrogens with one attached hydrogen (secondary N) is 1. The fraction of sp³-hybridized carbons (Fsp3) is 0.556. The molecule has 108 valence electrons. The van der Waals surface area contributed by atoms with Crippen LogP contribution in [0.15, 0.2) is 30.3 Å². The fourth-order valence-electron chi connectivity index (χ4n) is 2.88. The van der Waals surface area contributed by atoms with Gasteiger partial charge in [-0.25, -0.2) is 0 Å². The first-order valence-corrected chi connectivity index (χ1v) is 7.81. The summed E-state index contributed by atoms with van der Waals surface area (Å²) in [5.41, 5.74) is 1.43. The molecule has 1 unspecified atom stereocenters. The first kappa shape index (κ1) is 15.1. The van der Waals surface area contributed by atoms with Crippen LogP contribution in [-0.4, -0.2) is 37.1 Å². The molecule has 1 heterocycles. The summed E-state index contributed by atoms with van der Waals surface area (Å²) in [4.78, 5) is 2.60. The predicted molar refractivity (Wildman–Crippen MR) is 85.7 cm³/mol. The first-order chi connectivity index (χ1) is 9.88. The molecule has 1 atom stereocenters. The van der Waals surface area contributed by atoms with Crippen molar-refractivity contribution in [3.05, 3.63) is 35.9 Å². The van der Waals surface area contributed by atoms with Crippen LogP contribution in [0.4, 0.5) is 0 Å². The highest BCUT2D eigenvalue weighted by molar-refractivity contribution is 5.16. The van der Waals surface area contributed by atoms with Gasteiger partial charge in [0.1, 0.15) is 0 Å². The van der Waals surface area contributed by atoms with Gasteiger partial charge >= 0.3 is 0 Å². The molecule has 1 saturated heterocycles. The van der Waals surface area contributed by atoms with E-state index in [1.165, 1.54) is 31.5 Å². The second-order valence-corrected chi connectivity index (χ2v) is 5.66. The summed E-state index contributed by atoms with van der Waals surface area (Å²) in [5, 5.41) is 3.69. The number of nitrogens with zero attached hydrogens (tertiary/aromatic N) is 1. The lowest BCUT2D eigenvalue weighted by Crippen LogP contribution is -2.39. The second kappa shape index (κ2) is 8.79. The van der Waals surface area contributed by atoms with Gasteiger partial charge in [-0.1, -0.05) is 30.3 Å². The van der Waals surface area contributed by atoms with Crippen molar-refractivity contribution in [2.24, 2.45) is 0 Å². The van der Waals surface area contributed by atoms with Crippen LogP contribution in [0.1, 0.15) is 31.2 Å². The Hall–Kier alpha value is -1.30. The molecule has 20 heavy (non-hydrogen) atoms. The third-order valence-corrected chi connectivity index (χ3v) is 3.93. The molecule has 1 aromatic carbocycles. The van der Waals surface area contributed by atoms with Crippen LogP contribution < -0.4 is 5.32 Å². The Bertz CT molecular complexity index is 407. The zero-order chi connectivity index (χ0) is 14.0. The Balaban J connectivity index is 1.79. The van der Waals surface area contributed by atoms with Crippen LogP contribution in [0.5, 0.6) is 0 Å². The summed E-state index contributed by atoms with van der Waals surface area (Å²) in [6, 6.07) is 11.4. The Morgan fingerprint density at radius 2 is 2.10 bits per heavy atom.